The fourth-order valence-electron chi connectivity index (χ4n) is 6.56. The van der Waals surface area contributed by atoms with E-state index in [2.05, 4.69) is 133 Å². The normalized spacial score (nSPS) is 12.2. The van der Waals surface area contributed by atoms with E-state index in [-0.39, 0.29) is 0 Å². The van der Waals surface area contributed by atoms with Gasteiger partial charge < -0.3 is 0 Å². The van der Waals surface area contributed by atoms with Gasteiger partial charge in [-0.3, -0.25) is 0 Å². The Morgan fingerprint density at radius 1 is 0.302 bits per heavy atom. The summed E-state index contributed by atoms with van der Waals surface area (Å²) in [4.78, 5) is 1.32. The van der Waals surface area contributed by atoms with Gasteiger partial charge in [0, 0.05) is 29.7 Å². The van der Waals surface area contributed by atoms with Crippen molar-refractivity contribution in [2.75, 3.05) is 0 Å². The van der Waals surface area contributed by atoms with Gasteiger partial charge in [0.15, 0.2) is 0 Å². The summed E-state index contributed by atoms with van der Waals surface area (Å²) in [7, 11) is 0. The maximum absolute atomic E-state index is 2.40. The third kappa shape index (κ3) is 3.72. The van der Waals surface area contributed by atoms with E-state index >= 15 is 0 Å². The van der Waals surface area contributed by atoms with Gasteiger partial charge in [-0.2, -0.15) is 0 Å². The summed E-state index contributed by atoms with van der Waals surface area (Å²) in [5, 5.41) is 11.9. The zero-order valence-electron chi connectivity index (χ0n) is 22.9. The molecule has 0 bridgehead atoms. The van der Waals surface area contributed by atoms with E-state index in [0.717, 1.165) is 0 Å². The molecule has 0 nitrogen and oxygen atoms in total. The van der Waals surface area contributed by atoms with Crippen LogP contribution in [0, 0.1) is 0 Å². The van der Waals surface area contributed by atoms with Crippen LogP contribution >= 0.6 is 34.0 Å². The molecule has 0 saturated heterocycles. The second-order valence-corrected chi connectivity index (χ2v) is 14.6. The first-order valence-corrected chi connectivity index (χ1v) is 16.9. The average molecular weight is 599 g/mol. The smallest absolute Gasteiger partial charge is 0.0542 e. The molecule has 0 aliphatic rings. The highest BCUT2D eigenvalue weighted by molar-refractivity contribution is 7.36. The zero-order chi connectivity index (χ0) is 28.1. The van der Waals surface area contributed by atoms with Crippen LogP contribution in [0.3, 0.4) is 0 Å². The number of hydrogen-bond donors (Lipinski definition) is 0. The van der Waals surface area contributed by atoms with Crippen molar-refractivity contribution in [3.8, 4) is 21.6 Å². The minimum absolute atomic E-state index is 1.25. The minimum Gasteiger partial charge on any atom is -0.135 e. The van der Waals surface area contributed by atoms with Crippen LogP contribution in [-0.2, 0) is 0 Å². The third-order valence-corrected chi connectivity index (χ3v) is 12.4. The van der Waals surface area contributed by atoms with Crippen molar-refractivity contribution < 1.29 is 0 Å². The summed E-state index contributed by atoms with van der Waals surface area (Å²) in [5.41, 5.74) is 3.79. The van der Waals surface area contributed by atoms with Gasteiger partial charge >= 0.3 is 0 Å². The Morgan fingerprint density at radius 3 is 1.49 bits per heavy atom. The van der Waals surface area contributed by atoms with Crippen LogP contribution in [0.5, 0.6) is 0 Å². The molecule has 0 aliphatic heterocycles. The standard InChI is InChI=1S/C40H22S3/c1-3-7-27-19-36-32(16-25(27)5-1)22-35(41-36)24-11-9-23(10-12-24)29-13-14-30-18-34-38(21-31(30)15-29)43-39-33-17-26-6-2-4-8-28(26)20-37(33)42-40(34)39/h1-22H. The summed E-state index contributed by atoms with van der Waals surface area (Å²) in [5.74, 6) is 0. The number of fused-ring (bicyclic) bond motifs is 9. The second-order valence-electron chi connectivity index (χ2n) is 11.4. The molecule has 0 atom stereocenters. The number of hydrogen-bond acceptors (Lipinski definition) is 3. The minimum atomic E-state index is 1.25. The van der Waals surface area contributed by atoms with E-state index < -0.39 is 0 Å². The molecule has 0 saturated carbocycles. The van der Waals surface area contributed by atoms with Gasteiger partial charge in [-0.05, 0) is 103 Å². The van der Waals surface area contributed by atoms with Crippen molar-refractivity contribution in [2.45, 2.75) is 0 Å². The molecule has 0 spiro atoms. The molecule has 0 aliphatic carbocycles. The Balaban J connectivity index is 1.03. The van der Waals surface area contributed by atoms with E-state index in [1.54, 1.807) is 0 Å². The second kappa shape index (κ2) is 8.98. The highest BCUT2D eigenvalue weighted by atomic mass is 32.1. The van der Waals surface area contributed by atoms with Gasteiger partial charge in [-0.1, -0.05) is 84.9 Å². The molecule has 3 heteroatoms. The van der Waals surface area contributed by atoms with E-state index in [1.807, 2.05) is 34.0 Å². The fraction of sp³-hybridized carbons (Fsp3) is 0. The SMILES string of the molecule is c1ccc2cc3sc(-c4ccc(-c5ccc6cc7c(cc6c5)sc5c6cc8ccccc8cc6sc75)cc4)cc3cc2c1. The lowest BCUT2D eigenvalue weighted by atomic mass is 9.99. The monoisotopic (exact) mass is 598 g/mol. The Morgan fingerprint density at radius 2 is 0.814 bits per heavy atom. The van der Waals surface area contributed by atoms with Crippen LogP contribution in [-0.4, -0.2) is 0 Å². The molecule has 7 aromatic carbocycles. The molecule has 0 fully saturated rings. The molecule has 3 aromatic heterocycles. The van der Waals surface area contributed by atoms with E-state index in [4.69, 9.17) is 0 Å². The molecular formula is C40H22S3. The van der Waals surface area contributed by atoms with E-state index in [1.165, 1.54) is 93.5 Å². The van der Waals surface area contributed by atoms with Gasteiger partial charge in [0.05, 0.1) is 9.40 Å². The lowest BCUT2D eigenvalue weighted by Crippen LogP contribution is -1.80. The van der Waals surface area contributed by atoms with E-state index in [0.29, 0.717) is 0 Å². The number of benzene rings is 7. The summed E-state index contributed by atoms with van der Waals surface area (Å²) >= 11 is 5.74. The molecule has 0 amide bonds. The number of thiophene rings is 3. The zero-order valence-corrected chi connectivity index (χ0v) is 25.4. The maximum atomic E-state index is 2.40. The summed E-state index contributed by atoms with van der Waals surface area (Å²) in [6.45, 7) is 0. The Labute approximate surface area is 259 Å². The Bertz CT molecular complexity index is 2660. The summed E-state index contributed by atoms with van der Waals surface area (Å²) in [6, 6.07) is 49.8. The van der Waals surface area contributed by atoms with Crippen molar-refractivity contribution in [2.24, 2.45) is 0 Å². The van der Waals surface area contributed by atoms with Gasteiger partial charge in [0.2, 0.25) is 0 Å². The highest BCUT2D eigenvalue weighted by Crippen LogP contribution is 2.46. The third-order valence-electron chi connectivity index (χ3n) is 8.79. The molecule has 43 heavy (non-hydrogen) atoms. The first kappa shape index (κ1) is 24.0. The maximum Gasteiger partial charge on any atom is 0.0542 e. The molecule has 3 heterocycles. The quantitative estimate of drug-likeness (QED) is 0.186. The van der Waals surface area contributed by atoms with Crippen LogP contribution in [0.4, 0.5) is 0 Å². The lowest BCUT2D eigenvalue weighted by molar-refractivity contribution is 1.65. The van der Waals surface area contributed by atoms with Gasteiger partial charge in [0.25, 0.3) is 0 Å². The highest BCUT2D eigenvalue weighted by Gasteiger charge is 2.14. The largest absolute Gasteiger partial charge is 0.135 e. The Hall–Kier alpha value is -4.54. The van der Waals surface area contributed by atoms with Crippen molar-refractivity contribution in [3.05, 3.63) is 133 Å². The van der Waals surface area contributed by atoms with E-state index in [9.17, 15) is 0 Å². The predicted molar refractivity (Wildman–Crippen MR) is 193 cm³/mol. The lowest BCUT2D eigenvalue weighted by Gasteiger charge is -2.06. The van der Waals surface area contributed by atoms with Crippen molar-refractivity contribution in [1.29, 1.82) is 0 Å². The van der Waals surface area contributed by atoms with Crippen LogP contribution < -0.4 is 0 Å². The molecule has 10 aromatic rings. The van der Waals surface area contributed by atoms with Crippen molar-refractivity contribution in [3.63, 3.8) is 0 Å². The number of rotatable bonds is 2. The molecule has 0 N–H and O–H groups in total. The molecule has 200 valence electrons. The van der Waals surface area contributed by atoms with Crippen molar-refractivity contribution in [1.82, 2.24) is 0 Å². The topological polar surface area (TPSA) is 0 Å². The summed E-state index contributed by atoms with van der Waals surface area (Å²) in [6.07, 6.45) is 0. The molecular weight excluding hydrogens is 577 g/mol. The molecule has 0 radical (unpaired) electrons. The van der Waals surface area contributed by atoms with Crippen molar-refractivity contribution >= 4 is 106 Å². The Kier molecular flexibility index (Phi) is 5.00. The molecule has 10 rings (SSSR count). The average Bonchev–Trinajstić information content (AvgIpc) is 3.73. The van der Waals surface area contributed by atoms with Gasteiger partial charge in [-0.25, -0.2) is 0 Å². The summed E-state index contributed by atoms with van der Waals surface area (Å²) < 4.78 is 6.93. The molecule has 0 unspecified atom stereocenters. The van der Waals surface area contributed by atoms with Crippen LogP contribution in [0.15, 0.2) is 133 Å². The fourth-order valence-corrected chi connectivity index (χ4v) is 10.4. The van der Waals surface area contributed by atoms with Gasteiger partial charge in [-0.15, -0.1) is 34.0 Å². The predicted octanol–water partition coefficient (Wildman–Crippen LogP) is 13.3. The first-order chi connectivity index (χ1) is 21.2. The first-order valence-electron chi connectivity index (χ1n) is 14.5. The van der Waals surface area contributed by atoms with Gasteiger partial charge in [0.1, 0.15) is 0 Å². The van der Waals surface area contributed by atoms with Crippen LogP contribution in [0.25, 0.3) is 93.5 Å². The van der Waals surface area contributed by atoms with Crippen LogP contribution in [0.2, 0.25) is 0 Å². The van der Waals surface area contributed by atoms with Crippen LogP contribution in [0.1, 0.15) is 0 Å².